The van der Waals surface area contributed by atoms with Crippen LogP contribution in [0.25, 0.3) is 0 Å². The van der Waals surface area contributed by atoms with Gasteiger partial charge in [0.2, 0.25) is 5.88 Å². The third-order valence-corrected chi connectivity index (χ3v) is 5.83. The first-order valence-corrected chi connectivity index (χ1v) is 12.1. The van der Waals surface area contributed by atoms with E-state index in [0.717, 1.165) is 62.8 Å². The Morgan fingerprint density at radius 1 is 1.27 bits per heavy atom. The van der Waals surface area contributed by atoms with Crippen LogP contribution in [0.5, 0.6) is 5.88 Å². The first-order chi connectivity index (χ1) is 14.0. The van der Waals surface area contributed by atoms with Gasteiger partial charge in [0.15, 0.2) is 21.2 Å². The van der Waals surface area contributed by atoms with E-state index in [0.29, 0.717) is 6.92 Å². The van der Waals surface area contributed by atoms with Crippen LogP contribution in [0.15, 0.2) is 17.7 Å². The van der Waals surface area contributed by atoms with E-state index in [2.05, 4.69) is 15.3 Å². The molecule has 0 spiro atoms. The minimum atomic E-state index is -3.33. The van der Waals surface area contributed by atoms with Gasteiger partial charge in [-0.05, 0) is 44.4 Å². The molecule has 166 valence electrons. The van der Waals surface area contributed by atoms with Crippen molar-refractivity contribution < 1.29 is 26.7 Å². The Morgan fingerprint density at radius 2 is 1.93 bits per heavy atom. The second-order valence-corrected chi connectivity index (χ2v) is 10.1. The lowest BCUT2D eigenvalue weighted by atomic mass is 9.98. The van der Waals surface area contributed by atoms with Crippen molar-refractivity contribution in [3.63, 3.8) is 0 Å². The molecule has 1 atom stereocenters. The zero-order chi connectivity index (χ0) is 21.9. The standard InChI is InChI=1S/C20H27F2N3O4S/c1-20(21,22)17-19(29-14-6-4-3-5-7-14)25-16(12-23-17)18(26)24-15(13-8-9-13)10-11-30(2,27)28/h10-15H,3-9H2,1-2H3,(H,24,26)/b11-10+/t15-/m1/s1. The maximum absolute atomic E-state index is 14.0. The molecule has 2 fully saturated rings. The van der Waals surface area contributed by atoms with E-state index >= 15 is 0 Å². The number of halogens is 2. The van der Waals surface area contributed by atoms with E-state index in [-0.39, 0.29) is 23.6 Å². The number of alkyl halides is 2. The van der Waals surface area contributed by atoms with Crippen LogP contribution in [0, 0.1) is 5.92 Å². The molecule has 0 aliphatic heterocycles. The van der Waals surface area contributed by atoms with Gasteiger partial charge in [-0.3, -0.25) is 4.79 Å². The molecule has 2 saturated carbocycles. The summed E-state index contributed by atoms with van der Waals surface area (Å²) >= 11 is 0. The van der Waals surface area contributed by atoms with Crippen molar-refractivity contribution >= 4 is 15.7 Å². The van der Waals surface area contributed by atoms with Crippen LogP contribution < -0.4 is 10.1 Å². The smallest absolute Gasteiger partial charge is 0.292 e. The normalized spacial score (nSPS) is 19.6. The van der Waals surface area contributed by atoms with Gasteiger partial charge in [-0.2, -0.15) is 8.78 Å². The Labute approximate surface area is 175 Å². The van der Waals surface area contributed by atoms with Crippen molar-refractivity contribution in [1.29, 1.82) is 0 Å². The summed E-state index contributed by atoms with van der Waals surface area (Å²) in [5, 5.41) is 3.78. The van der Waals surface area contributed by atoms with Crippen molar-refractivity contribution in [2.75, 3.05) is 6.26 Å². The summed E-state index contributed by atoms with van der Waals surface area (Å²) < 4.78 is 56.5. The molecule has 30 heavy (non-hydrogen) atoms. The number of amides is 1. The summed E-state index contributed by atoms with van der Waals surface area (Å²) in [6.45, 7) is 0.712. The van der Waals surface area contributed by atoms with Gasteiger partial charge in [0.1, 0.15) is 6.10 Å². The number of carbonyl (C=O) groups is 1. The van der Waals surface area contributed by atoms with Crippen LogP contribution >= 0.6 is 0 Å². The topological polar surface area (TPSA) is 98.2 Å². The quantitative estimate of drug-likeness (QED) is 0.662. The highest BCUT2D eigenvalue weighted by molar-refractivity contribution is 7.93. The van der Waals surface area contributed by atoms with Crippen molar-refractivity contribution in [3.8, 4) is 5.88 Å². The summed E-state index contributed by atoms with van der Waals surface area (Å²) in [5.41, 5.74) is -0.743. The third kappa shape index (κ3) is 6.45. The molecule has 0 aromatic carbocycles. The number of ether oxygens (including phenoxy) is 1. The Hall–Kier alpha value is -2.10. The molecular weight excluding hydrogens is 416 g/mol. The van der Waals surface area contributed by atoms with Crippen molar-refractivity contribution in [3.05, 3.63) is 29.1 Å². The van der Waals surface area contributed by atoms with Crippen molar-refractivity contribution in [2.45, 2.75) is 69.9 Å². The first kappa shape index (κ1) is 22.6. The molecule has 7 nitrogen and oxygen atoms in total. The predicted molar refractivity (Wildman–Crippen MR) is 107 cm³/mol. The van der Waals surface area contributed by atoms with Crippen LogP contribution in [0.4, 0.5) is 8.78 Å². The first-order valence-electron chi connectivity index (χ1n) is 10.1. The van der Waals surface area contributed by atoms with E-state index in [1.165, 1.54) is 6.08 Å². The Kier molecular flexibility index (Phi) is 6.74. The highest BCUT2D eigenvalue weighted by Gasteiger charge is 2.35. The van der Waals surface area contributed by atoms with Crippen LogP contribution in [0.3, 0.4) is 0 Å². The Morgan fingerprint density at radius 3 is 2.50 bits per heavy atom. The van der Waals surface area contributed by atoms with Gasteiger partial charge in [-0.15, -0.1) is 0 Å². The summed E-state index contributed by atoms with van der Waals surface area (Å²) in [4.78, 5) is 20.5. The number of sulfone groups is 1. The second-order valence-electron chi connectivity index (χ2n) is 8.17. The summed E-state index contributed by atoms with van der Waals surface area (Å²) in [6, 6.07) is -0.482. The average Bonchev–Trinajstić information content (AvgIpc) is 3.49. The van der Waals surface area contributed by atoms with Crippen LogP contribution in [-0.2, 0) is 15.8 Å². The molecule has 2 aliphatic rings. The van der Waals surface area contributed by atoms with Crippen molar-refractivity contribution in [1.82, 2.24) is 15.3 Å². The molecule has 1 amide bonds. The largest absolute Gasteiger partial charge is 0.473 e. The zero-order valence-corrected chi connectivity index (χ0v) is 17.9. The van der Waals surface area contributed by atoms with Gasteiger partial charge in [-0.25, -0.2) is 18.4 Å². The number of nitrogens with one attached hydrogen (secondary N) is 1. The number of hydrogen-bond acceptors (Lipinski definition) is 6. The molecule has 1 N–H and O–H groups in total. The second kappa shape index (κ2) is 8.95. The molecule has 2 aliphatic carbocycles. The molecule has 1 heterocycles. The number of carbonyl (C=O) groups excluding carboxylic acids is 1. The van der Waals surface area contributed by atoms with Gasteiger partial charge >= 0.3 is 0 Å². The minimum Gasteiger partial charge on any atom is -0.473 e. The number of nitrogens with zero attached hydrogens (tertiary/aromatic N) is 2. The summed E-state index contributed by atoms with van der Waals surface area (Å²) in [7, 11) is -3.33. The van der Waals surface area contributed by atoms with Crippen LogP contribution in [0.1, 0.15) is 68.1 Å². The lowest BCUT2D eigenvalue weighted by Crippen LogP contribution is -2.36. The highest BCUT2D eigenvalue weighted by Crippen LogP contribution is 2.35. The maximum Gasteiger partial charge on any atom is 0.292 e. The summed E-state index contributed by atoms with van der Waals surface area (Å²) in [6.07, 6.45) is 9.46. The fraction of sp³-hybridized carbons (Fsp3) is 0.650. The van der Waals surface area contributed by atoms with E-state index in [4.69, 9.17) is 4.74 Å². The molecule has 0 bridgehead atoms. The average molecular weight is 444 g/mol. The van der Waals surface area contributed by atoms with Crippen LogP contribution in [-0.4, -0.2) is 42.7 Å². The van der Waals surface area contributed by atoms with Gasteiger partial charge < -0.3 is 10.1 Å². The summed E-state index contributed by atoms with van der Waals surface area (Å²) in [5.74, 6) is -4.06. The fourth-order valence-electron chi connectivity index (χ4n) is 3.44. The van der Waals surface area contributed by atoms with Gasteiger partial charge in [0.05, 0.1) is 12.2 Å². The molecule has 0 unspecified atom stereocenters. The lowest BCUT2D eigenvalue weighted by molar-refractivity contribution is 0.00606. The Balaban J connectivity index is 1.81. The predicted octanol–water partition coefficient (Wildman–Crippen LogP) is 3.37. The van der Waals surface area contributed by atoms with Crippen molar-refractivity contribution in [2.24, 2.45) is 5.92 Å². The fourth-order valence-corrected chi connectivity index (χ4v) is 3.89. The van der Waals surface area contributed by atoms with Gasteiger partial charge in [0.25, 0.3) is 11.8 Å². The number of hydrogen-bond donors (Lipinski definition) is 1. The van der Waals surface area contributed by atoms with E-state index in [1.54, 1.807) is 0 Å². The monoisotopic (exact) mass is 443 g/mol. The molecular formula is C20H27F2N3O4S. The lowest BCUT2D eigenvalue weighted by Gasteiger charge is -2.24. The molecule has 0 radical (unpaired) electrons. The molecule has 10 heteroatoms. The third-order valence-electron chi connectivity index (χ3n) is 5.18. The zero-order valence-electron chi connectivity index (χ0n) is 17.1. The maximum atomic E-state index is 14.0. The van der Waals surface area contributed by atoms with Gasteiger partial charge in [-0.1, -0.05) is 12.5 Å². The molecule has 1 aromatic heterocycles. The van der Waals surface area contributed by atoms with Crippen LogP contribution in [0.2, 0.25) is 0 Å². The highest BCUT2D eigenvalue weighted by atomic mass is 32.2. The van der Waals surface area contributed by atoms with E-state index in [1.807, 2.05) is 0 Å². The minimum absolute atomic E-state index is 0.136. The number of aromatic nitrogens is 2. The van der Waals surface area contributed by atoms with E-state index in [9.17, 15) is 22.0 Å². The Bertz CT molecular complexity index is 905. The molecule has 1 aromatic rings. The number of rotatable bonds is 8. The SMILES string of the molecule is CC(F)(F)c1ncc(C(=O)N[C@H](/C=C/S(C)(=O)=O)C2CC2)nc1OC1CCCCC1. The molecule has 0 saturated heterocycles. The molecule has 3 rings (SSSR count). The van der Waals surface area contributed by atoms with E-state index < -0.39 is 33.4 Å². The van der Waals surface area contributed by atoms with Gasteiger partial charge in [0, 0.05) is 18.6 Å².